The zero-order valence-electron chi connectivity index (χ0n) is 11.3. The van der Waals surface area contributed by atoms with Crippen LogP contribution in [0.3, 0.4) is 0 Å². The highest BCUT2D eigenvalue weighted by molar-refractivity contribution is 5.80. The molecular weight excluding hydrogens is 248 g/mol. The quantitative estimate of drug-likeness (QED) is 0.357. The lowest BCUT2D eigenvalue weighted by atomic mass is 10.1. The van der Waals surface area contributed by atoms with Gasteiger partial charge >= 0.3 is 0 Å². The molecule has 0 unspecified atom stereocenters. The van der Waals surface area contributed by atoms with Crippen LogP contribution in [0.5, 0.6) is 0 Å². The number of hydrazone groups is 1. The minimum atomic E-state index is 0.574. The second kappa shape index (κ2) is 7.92. The van der Waals surface area contributed by atoms with Gasteiger partial charge < -0.3 is 4.74 Å². The molecule has 0 spiro atoms. The summed E-state index contributed by atoms with van der Waals surface area (Å²) in [6, 6.07) is 18.0. The zero-order chi connectivity index (χ0) is 14.0. The number of rotatable bonds is 7. The van der Waals surface area contributed by atoms with Gasteiger partial charge in [0.1, 0.15) is 0 Å². The highest BCUT2D eigenvalue weighted by Gasteiger charge is 1.93. The van der Waals surface area contributed by atoms with Crippen molar-refractivity contribution in [3.8, 4) is 0 Å². The maximum absolute atomic E-state index is 5.38. The van der Waals surface area contributed by atoms with Crippen LogP contribution in [-0.4, -0.2) is 12.8 Å². The Morgan fingerprint density at radius 1 is 1.05 bits per heavy atom. The van der Waals surface area contributed by atoms with Crippen molar-refractivity contribution in [2.75, 3.05) is 12.0 Å². The molecule has 3 heteroatoms. The number of hydrogen-bond acceptors (Lipinski definition) is 3. The molecule has 102 valence electrons. The van der Waals surface area contributed by atoms with Crippen LogP contribution < -0.4 is 5.43 Å². The van der Waals surface area contributed by atoms with E-state index in [1.807, 2.05) is 54.6 Å². The molecule has 0 atom stereocenters. The lowest BCUT2D eigenvalue weighted by molar-refractivity contribution is 0.149. The van der Waals surface area contributed by atoms with E-state index in [0.29, 0.717) is 13.2 Å². The summed E-state index contributed by atoms with van der Waals surface area (Å²) in [6.07, 6.45) is 3.54. The van der Waals surface area contributed by atoms with Crippen LogP contribution in [0.15, 0.2) is 72.4 Å². The molecule has 0 amide bonds. The summed E-state index contributed by atoms with van der Waals surface area (Å²) in [5, 5.41) is 4.20. The van der Waals surface area contributed by atoms with Gasteiger partial charge in [-0.3, -0.25) is 5.43 Å². The van der Waals surface area contributed by atoms with Crippen molar-refractivity contribution < 1.29 is 4.74 Å². The first-order valence-electron chi connectivity index (χ1n) is 6.50. The SMILES string of the molecule is C=CCOCc1ccc(C=NNc2ccccc2)cc1. The van der Waals surface area contributed by atoms with Gasteiger partial charge in [-0.05, 0) is 23.3 Å². The fourth-order valence-corrected chi connectivity index (χ4v) is 1.65. The van der Waals surface area contributed by atoms with Crippen molar-refractivity contribution in [1.82, 2.24) is 0 Å². The van der Waals surface area contributed by atoms with E-state index < -0.39 is 0 Å². The molecule has 0 fully saturated rings. The second-order valence-electron chi connectivity index (χ2n) is 4.28. The summed E-state index contributed by atoms with van der Waals surface area (Å²) >= 11 is 0. The van der Waals surface area contributed by atoms with Gasteiger partial charge in [-0.15, -0.1) is 6.58 Å². The molecule has 3 nitrogen and oxygen atoms in total. The Morgan fingerprint density at radius 3 is 2.50 bits per heavy atom. The fraction of sp³-hybridized carbons (Fsp3) is 0.118. The predicted octanol–water partition coefficient (Wildman–Crippen LogP) is 3.84. The summed E-state index contributed by atoms with van der Waals surface area (Å²) in [4.78, 5) is 0. The summed E-state index contributed by atoms with van der Waals surface area (Å²) in [6.45, 7) is 4.79. The monoisotopic (exact) mass is 266 g/mol. The normalized spacial score (nSPS) is 10.6. The van der Waals surface area contributed by atoms with Crippen LogP contribution in [0.2, 0.25) is 0 Å². The lowest BCUT2D eigenvalue weighted by Crippen LogP contribution is -1.93. The van der Waals surface area contributed by atoms with Gasteiger partial charge in [0.15, 0.2) is 0 Å². The topological polar surface area (TPSA) is 33.6 Å². The number of hydrogen-bond donors (Lipinski definition) is 1. The fourth-order valence-electron chi connectivity index (χ4n) is 1.65. The zero-order valence-corrected chi connectivity index (χ0v) is 11.3. The maximum Gasteiger partial charge on any atom is 0.0721 e. The first-order chi connectivity index (χ1) is 9.88. The smallest absolute Gasteiger partial charge is 0.0721 e. The summed E-state index contributed by atoms with van der Waals surface area (Å²) in [7, 11) is 0. The maximum atomic E-state index is 5.38. The molecule has 1 N–H and O–H groups in total. The van der Waals surface area contributed by atoms with E-state index in [0.717, 1.165) is 16.8 Å². The van der Waals surface area contributed by atoms with Crippen LogP contribution in [0, 0.1) is 0 Å². The highest BCUT2D eigenvalue weighted by atomic mass is 16.5. The van der Waals surface area contributed by atoms with Crippen molar-refractivity contribution in [2.45, 2.75) is 6.61 Å². The summed E-state index contributed by atoms with van der Waals surface area (Å²) in [5.74, 6) is 0. The molecule has 2 aromatic rings. The van der Waals surface area contributed by atoms with Crippen LogP contribution >= 0.6 is 0 Å². The molecule has 0 aromatic heterocycles. The van der Waals surface area contributed by atoms with Crippen LogP contribution in [0.1, 0.15) is 11.1 Å². The first-order valence-corrected chi connectivity index (χ1v) is 6.50. The Hall–Kier alpha value is -2.39. The van der Waals surface area contributed by atoms with E-state index in [1.54, 1.807) is 12.3 Å². The Kier molecular flexibility index (Phi) is 5.55. The van der Waals surface area contributed by atoms with Crippen molar-refractivity contribution in [3.05, 3.63) is 78.4 Å². The van der Waals surface area contributed by atoms with E-state index in [4.69, 9.17) is 4.74 Å². The number of nitrogens with one attached hydrogen (secondary N) is 1. The van der Waals surface area contributed by atoms with Gasteiger partial charge in [-0.25, -0.2) is 0 Å². The minimum Gasteiger partial charge on any atom is -0.373 e. The Bertz CT molecular complexity index is 547. The van der Waals surface area contributed by atoms with Crippen LogP contribution in [-0.2, 0) is 11.3 Å². The summed E-state index contributed by atoms with van der Waals surface area (Å²) in [5.41, 5.74) is 6.14. The average Bonchev–Trinajstić information content (AvgIpc) is 2.50. The minimum absolute atomic E-state index is 0.574. The third-order valence-corrected chi connectivity index (χ3v) is 2.67. The third kappa shape index (κ3) is 4.71. The van der Waals surface area contributed by atoms with Gasteiger partial charge in [0.25, 0.3) is 0 Å². The number of para-hydroxylation sites is 1. The molecule has 0 saturated heterocycles. The van der Waals surface area contributed by atoms with Crippen molar-refractivity contribution >= 4 is 11.9 Å². The molecule has 0 bridgehead atoms. The van der Waals surface area contributed by atoms with E-state index in [2.05, 4.69) is 17.1 Å². The number of benzene rings is 2. The van der Waals surface area contributed by atoms with Gasteiger partial charge in [0, 0.05) is 0 Å². The Labute approximate surface area is 119 Å². The van der Waals surface area contributed by atoms with Crippen molar-refractivity contribution in [3.63, 3.8) is 0 Å². The molecule has 20 heavy (non-hydrogen) atoms. The van der Waals surface area contributed by atoms with Gasteiger partial charge in [-0.1, -0.05) is 48.5 Å². The number of nitrogens with zero attached hydrogens (tertiary/aromatic N) is 1. The molecule has 0 heterocycles. The molecule has 0 aliphatic heterocycles. The molecule has 2 aromatic carbocycles. The molecule has 0 aliphatic carbocycles. The van der Waals surface area contributed by atoms with Gasteiger partial charge in [0.05, 0.1) is 25.1 Å². The van der Waals surface area contributed by atoms with Crippen molar-refractivity contribution in [2.24, 2.45) is 5.10 Å². The van der Waals surface area contributed by atoms with Gasteiger partial charge in [-0.2, -0.15) is 5.10 Å². The summed E-state index contributed by atoms with van der Waals surface area (Å²) < 4.78 is 5.38. The second-order valence-corrected chi connectivity index (χ2v) is 4.28. The Morgan fingerprint density at radius 2 is 1.80 bits per heavy atom. The van der Waals surface area contributed by atoms with Crippen LogP contribution in [0.25, 0.3) is 0 Å². The average molecular weight is 266 g/mol. The third-order valence-electron chi connectivity index (χ3n) is 2.67. The molecule has 0 radical (unpaired) electrons. The van der Waals surface area contributed by atoms with Crippen LogP contribution in [0.4, 0.5) is 5.69 Å². The molecule has 0 saturated carbocycles. The highest BCUT2D eigenvalue weighted by Crippen LogP contribution is 2.06. The standard InChI is InChI=1S/C17H18N2O/c1-2-12-20-14-16-10-8-15(9-11-16)13-18-19-17-6-4-3-5-7-17/h2-11,13,19H,1,12,14H2. The molecule has 2 rings (SSSR count). The predicted molar refractivity (Wildman–Crippen MR) is 84.0 cm³/mol. The molecule has 0 aliphatic rings. The Balaban J connectivity index is 1.85. The molecular formula is C17H18N2O. The largest absolute Gasteiger partial charge is 0.373 e. The van der Waals surface area contributed by atoms with Gasteiger partial charge in [0.2, 0.25) is 0 Å². The lowest BCUT2D eigenvalue weighted by Gasteiger charge is -2.02. The number of anilines is 1. The first kappa shape index (κ1) is 14.0. The van der Waals surface area contributed by atoms with E-state index in [1.165, 1.54) is 0 Å². The van der Waals surface area contributed by atoms with E-state index in [9.17, 15) is 0 Å². The van der Waals surface area contributed by atoms with E-state index >= 15 is 0 Å². The number of ether oxygens (including phenoxy) is 1. The van der Waals surface area contributed by atoms with E-state index in [-0.39, 0.29) is 0 Å². The van der Waals surface area contributed by atoms with Crippen molar-refractivity contribution in [1.29, 1.82) is 0 Å².